The lowest BCUT2D eigenvalue weighted by atomic mass is 9.59. The van der Waals surface area contributed by atoms with Crippen LogP contribution in [0.15, 0.2) is 51.6 Å². The average Bonchev–Trinajstić information content (AvgIpc) is 3.00. The molecule has 32 heavy (non-hydrogen) atoms. The van der Waals surface area contributed by atoms with Gasteiger partial charge in [-0.2, -0.15) is 0 Å². The minimum Gasteiger partial charge on any atom is -0.508 e. The Hall–Kier alpha value is -3.00. The van der Waals surface area contributed by atoms with Crippen molar-refractivity contribution < 1.29 is 29.0 Å². The number of phenols is 1. The first-order valence-corrected chi connectivity index (χ1v) is 11.1. The highest BCUT2D eigenvalue weighted by Gasteiger charge is 2.55. The van der Waals surface area contributed by atoms with Crippen LogP contribution in [0.1, 0.15) is 24.3 Å². The third-order valence-electron chi connectivity index (χ3n) is 7.10. The Bertz CT molecular complexity index is 1210. The minimum atomic E-state index is -0.707. The van der Waals surface area contributed by atoms with Gasteiger partial charge in [0.25, 0.3) is 0 Å². The molecule has 4 atom stereocenters. The summed E-state index contributed by atoms with van der Waals surface area (Å²) in [6.07, 6.45) is 3.74. The number of carbonyl (C=O) groups is 4. The van der Waals surface area contributed by atoms with E-state index in [1.807, 2.05) is 6.08 Å². The number of benzene rings is 1. The fourth-order valence-electron chi connectivity index (χ4n) is 5.61. The molecule has 1 saturated heterocycles. The van der Waals surface area contributed by atoms with Crippen LogP contribution in [-0.4, -0.2) is 47.5 Å². The lowest BCUT2D eigenvalue weighted by molar-refractivity contribution is -0.138. The van der Waals surface area contributed by atoms with Crippen LogP contribution in [0.5, 0.6) is 11.5 Å². The summed E-state index contributed by atoms with van der Waals surface area (Å²) in [7, 11) is 2.99. The van der Waals surface area contributed by atoms with Gasteiger partial charge in [0.2, 0.25) is 11.8 Å². The second kappa shape index (κ2) is 7.27. The lowest BCUT2D eigenvalue weighted by Gasteiger charge is -2.42. The van der Waals surface area contributed by atoms with Crippen LogP contribution < -0.4 is 4.74 Å². The maximum absolute atomic E-state index is 13.1. The first-order valence-electron chi connectivity index (χ1n) is 10.3. The number of amides is 2. The molecule has 0 unspecified atom stereocenters. The van der Waals surface area contributed by atoms with Gasteiger partial charge in [-0.05, 0) is 52.9 Å². The van der Waals surface area contributed by atoms with E-state index in [0.717, 1.165) is 10.5 Å². The van der Waals surface area contributed by atoms with Gasteiger partial charge in [0, 0.05) is 35.8 Å². The zero-order chi connectivity index (χ0) is 22.9. The van der Waals surface area contributed by atoms with Crippen LogP contribution in [0.4, 0.5) is 0 Å². The molecule has 0 radical (unpaired) electrons. The number of allylic oxidation sites excluding steroid dienone is 6. The highest BCUT2D eigenvalue weighted by Crippen LogP contribution is 2.56. The van der Waals surface area contributed by atoms with E-state index in [4.69, 9.17) is 4.74 Å². The highest BCUT2D eigenvalue weighted by molar-refractivity contribution is 9.12. The Labute approximate surface area is 192 Å². The third-order valence-corrected chi connectivity index (χ3v) is 7.69. The zero-order valence-electron chi connectivity index (χ0n) is 17.4. The van der Waals surface area contributed by atoms with Gasteiger partial charge in [0.15, 0.2) is 11.6 Å². The number of methoxy groups -OCH3 is 1. The van der Waals surface area contributed by atoms with Crippen molar-refractivity contribution in [3.8, 4) is 11.5 Å². The lowest BCUT2D eigenvalue weighted by Crippen LogP contribution is -2.39. The quantitative estimate of drug-likeness (QED) is 0.383. The van der Waals surface area contributed by atoms with Gasteiger partial charge in [0.1, 0.15) is 11.5 Å². The van der Waals surface area contributed by atoms with Gasteiger partial charge in [-0.3, -0.25) is 24.1 Å². The molecule has 1 fully saturated rings. The summed E-state index contributed by atoms with van der Waals surface area (Å²) in [5.41, 5.74) is 1.86. The molecule has 5 rings (SSSR count). The third kappa shape index (κ3) is 2.78. The number of Topliss-reactive ketones (excluding diaryl/α,β-unsaturated/α-hetero) is 1. The van der Waals surface area contributed by atoms with Crippen molar-refractivity contribution in [3.05, 3.63) is 57.1 Å². The van der Waals surface area contributed by atoms with Crippen molar-refractivity contribution in [3.63, 3.8) is 0 Å². The predicted molar refractivity (Wildman–Crippen MR) is 117 cm³/mol. The molecule has 1 aromatic carbocycles. The standard InChI is InChI=1S/C24H20BrNO6/c1-26-23(30)12-5-4-11-13(20(12)24(26)31)8-15-21(18(28)9-16(25)22(15)29)19(11)14-7-10(32-2)3-6-17(14)27/h3-4,6-7,9,12-13,19-20,27H,5,8H2,1-2H3/t12-,13+,19+,20-/m0/s1. The second-order valence-electron chi connectivity index (χ2n) is 8.55. The summed E-state index contributed by atoms with van der Waals surface area (Å²) in [5.74, 6) is -2.84. The number of aromatic hydroxyl groups is 1. The molecule has 0 saturated carbocycles. The second-order valence-corrected chi connectivity index (χ2v) is 9.41. The molecule has 1 heterocycles. The molecular formula is C24H20BrNO6. The van der Waals surface area contributed by atoms with Crippen molar-refractivity contribution in [2.45, 2.75) is 18.8 Å². The Morgan fingerprint density at radius 1 is 1.12 bits per heavy atom. The Kier molecular flexibility index (Phi) is 4.74. The van der Waals surface area contributed by atoms with E-state index in [0.29, 0.717) is 28.9 Å². The van der Waals surface area contributed by atoms with Crippen molar-refractivity contribution in [2.24, 2.45) is 17.8 Å². The average molecular weight is 498 g/mol. The summed E-state index contributed by atoms with van der Waals surface area (Å²) in [6.45, 7) is 0. The maximum atomic E-state index is 13.1. The fraction of sp³-hybridized carbons (Fsp3) is 0.333. The number of rotatable bonds is 2. The van der Waals surface area contributed by atoms with E-state index in [1.54, 1.807) is 12.1 Å². The molecule has 1 N–H and O–H groups in total. The summed E-state index contributed by atoms with van der Waals surface area (Å²) < 4.78 is 5.50. The number of halogens is 1. The number of carbonyl (C=O) groups excluding carboxylic acids is 4. The number of hydrogen-bond donors (Lipinski definition) is 1. The SMILES string of the molecule is COc1ccc(O)c([C@H]2C3=CC[C@@H]4C(=O)N(C)C(=O)[C@@H]4[C@@H]3CC3=C2C(=O)C=C(Br)C3=O)c1. The van der Waals surface area contributed by atoms with Gasteiger partial charge in [-0.15, -0.1) is 0 Å². The molecule has 7 nitrogen and oxygen atoms in total. The molecule has 2 amide bonds. The molecular weight excluding hydrogens is 478 g/mol. The minimum absolute atomic E-state index is 0.0360. The van der Waals surface area contributed by atoms with Crippen LogP contribution in [0.2, 0.25) is 0 Å². The molecule has 164 valence electrons. The van der Waals surface area contributed by atoms with E-state index in [2.05, 4.69) is 15.9 Å². The van der Waals surface area contributed by atoms with Crippen molar-refractivity contribution >= 4 is 39.3 Å². The molecule has 0 bridgehead atoms. The van der Waals surface area contributed by atoms with E-state index >= 15 is 0 Å². The molecule has 3 aliphatic carbocycles. The van der Waals surface area contributed by atoms with Gasteiger partial charge < -0.3 is 9.84 Å². The number of nitrogens with zero attached hydrogens (tertiary/aromatic N) is 1. The molecule has 0 spiro atoms. The number of imide groups is 1. The number of hydrogen-bond acceptors (Lipinski definition) is 6. The molecule has 0 aromatic heterocycles. The Morgan fingerprint density at radius 3 is 2.59 bits per heavy atom. The maximum Gasteiger partial charge on any atom is 0.233 e. The van der Waals surface area contributed by atoms with Crippen LogP contribution >= 0.6 is 15.9 Å². The van der Waals surface area contributed by atoms with Gasteiger partial charge >= 0.3 is 0 Å². The molecule has 8 heteroatoms. The number of likely N-dealkylation sites (tertiary alicyclic amines) is 1. The van der Waals surface area contributed by atoms with E-state index < -0.39 is 23.7 Å². The van der Waals surface area contributed by atoms with Crippen molar-refractivity contribution in [2.75, 3.05) is 14.2 Å². The smallest absolute Gasteiger partial charge is 0.233 e. The van der Waals surface area contributed by atoms with Crippen LogP contribution in [0.25, 0.3) is 0 Å². The fourth-order valence-corrected chi connectivity index (χ4v) is 6.06. The number of phenolic OH excluding ortho intramolecular Hbond substituents is 1. The molecule has 4 aliphatic rings. The van der Waals surface area contributed by atoms with Gasteiger partial charge in [-0.25, -0.2) is 0 Å². The normalized spacial score (nSPS) is 29.4. The van der Waals surface area contributed by atoms with Crippen molar-refractivity contribution in [1.29, 1.82) is 0 Å². The van der Waals surface area contributed by atoms with Crippen LogP contribution in [0, 0.1) is 17.8 Å². The Balaban J connectivity index is 1.74. The first kappa shape index (κ1) is 20.9. The summed E-state index contributed by atoms with van der Waals surface area (Å²) >= 11 is 3.19. The number of ether oxygens (including phenoxy) is 1. The summed E-state index contributed by atoms with van der Waals surface area (Å²) in [5, 5.41) is 10.7. The number of fused-ring (bicyclic) bond motifs is 3. The Morgan fingerprint density at radius 2 is 1.88 bits per heavy atom. The van der Waals surface area contributed by atoms with Gasteiger partial charge in [0.05, 0.1) is 23.4 Å². The topological polar surface area (TPSA) is 101 Å². The largest absolute Gasteiger partial charge is 0.508 e. The van der Waals surface area contributed by atoms with E-state index in [1.165, 1.54) is 26.3 Å². The van der Waals surface area contributed by atoms with Crippen LogP contribution in [0.3, 0.4) is 0 Å². The summed E-state index contributed by atoms with van der Waals surface area (Å²) in [4.78, 5) is 53.0. The predicted octanol–water partition coefficient (Wildman–Crippen LogP) is 2.79. The first-order chi connectivity index (χ1) is 15.2. The van der Waals surface area contributed by atoms with Crippen LogP contribution in [-0.2, 0) is 19.2 Å². The van der Waals surface area contributed by atoms with E-state index in [-0.39, 0.29) is 40.0 Å². The highest BCUT2D eigenvalue weighted by atomic mass is 79.9. The molecule has 1 aromatic rings. The summed E-state index contributed by atoms with van der Waals surface area (Å²) in [6, 6.07) is 4.75. The zero-order valence-corrected chi connectivity index (χ0v) is 19.0. The number of ketones is 2. The van der Waals surface area contributed by atoms with Crippen molar-refractivity contribution in [1.82, 2.24) is 4.90 Å². The molecule has 1 aliphatic heterocycles. The monoisotopic (exact) mass is 497 g/mol. The van der Waals surface area contributed by atoms with Gasteiger partial charge in [-0.1, -0.05) is 11.6 Å². The van der Waals surface area contributed by atoms with E-state index in [9.17, 15) is 24.3 Å².